The molecule has 0 radical (unpaired) electrons. The number of fused-ring (bicyclic) bond motifs is 1. The van der Waals surface area contributed by atoms with Gasteiger partial charge in [-0.25, -0.2) is 4.98 Å². The third kappa shape index (κ3) is 6.44. The fourth-order valence-corrected chi connectivity index (χ4v) is 5.05. The first kappa shape index (κ1) is 26.0. The summed E-state index contributed by atoms with van der Waals surface area (Å²) in [7, 11) is 0. The van der Waals surface area contributed by atoms with E-state index in [4.69, 9.17) is 9.72 Å². The zero-order valence-electron chi connectivity index (χ0n) is 22.6. The molecule has 5 rings (SSSR count). The van der Waals surface area contributed by atoms with E-state index in [0.29, 0.717) is 18.8 Å². The van der Waals surface area contributed by atoms with Crippen LogP contribution in [0.2, 0.25) is 0 Å². The van der Waals surface area contributed by atoms with Crippen molar-refractivity contribution < 1.29 is 9.84 Å². The lowest BCUT2D eigenvalue weighted by atomic mass is 10.1. The molecule has 1 aliphatic heterocycles. The highest BCUT2D eigenvalue weighted by Crippen LogP contribution is 2.26. The molecule has 4 aromatic rings. The molecule has 0 unspecified atom stereocenters. The van der Waals surface area contributed by atoms with Crippen molar-refractivity contribution in [2.45, 2.75) is 40.3 Å². The molecule has 0 saturated carbocycles. The molecule has 1 fully saturated rings. The van der Waals surface area contributed by atoms with Crippen LogP contribution in [0.1, 0.15) is 34.5 Å². The van der Waals surface area contributed by atoms with Gasteiger partial charge in [-0.15, -0.1) is 0 Å². The molecule has 200 valence electrons. The largest absolute Gasteiger partial charge is 0.506 e. The van der Waals surface area contributed by atoms with Gasteiger partial charge in [-0.1, -0.05) is 12.1 Å². The topological polar surface area (TPSA) is 87.5 Å². The standard InChI is InChI=1S/C30H38N6O2/c1-21-15-22(2)17-25(16-21)32-19-24-6-7-26-28(18-24)36(20-27-29(37)8-5-23(3)33-27)30(34-26)31-9-4-10-35-11-13-38-14-12-35/h5-8,15-18,32,37H,4,9-14,19-20H2,1-3H3,(H,31,34). The first-order valence-electron chi connectivity index (χ1n) is 13.5. The lowest BCUT2D eigenvalue weighted by Crippen LogP contribution is -2.37. The maximum absolute atomic E-state index is 10.5. The summed E-state index contributed by atoms with van der Waals surface area (Å²) in [4.78, 5) is 12.0. The van der Waals surface area contributed by atoms with Crippen molar-refractivity contribution in [3.63, 3.8) is 0 Å². The van der Waals surface area contributed by atoms with Gasteiger partial charge in [-0.2, -0.15) is 0 Å². The Morgan fingerprint density at radius 2 is 1.71 bits per heavy atom. The molecule has 8 nitrogen and oxygen atoms in total. The normalized spacial score (nSPS) is 14.2. The molecule has 8 heteroatoms. The fraction of sp³-hybridized carbons (Fsp3) is 0.400. The minimum absolute atomic E-state index is 0.198. The number of aromatic nitrogens is 3. The number of nitrogens with zero attached hydrogens (tertiary/aromatic N) is 4. The highest BCUT2D eigenvalue weighted by molar-refractivity contribution is 5.80. The summed E-state index contributed by atoms with van der Waals surface area (Å²) >= 11 is 0. The molecule has 0 aliphatic carbocycles. The van der Waals surface area contributed by atoms with Crippen LogP contribution in [0.25, 0.3) is 11.0 Å². The average molecular weight is 515 g/mol. The molecule has 2 aromatic carbocycles. The molecular weight excluding hydrogens is 476 g/mol. The number of pyridine rings is 1. The highest BCUT2D eigenvalue weighted by Gasteiger charge is 2.15. The number of hydrogen-bond donors (Lipinski definition) is 3. The van der Waals surface area contributed by atoms with Crippen molar-refractivity contribution >= 4 is 22.7 Å². The Morgan fingerprint density at radius 1 is 0.921 bits per heavy atom. The van der Waals surface area contributed by atoms with Crippen LogP contribution in [0.3, 0.4) is 0 Å². The Bertz CT molecular complexity index is 1370. The summed E-state index contributed by atoms with van der Waals surface area (Å²) in [5.41, 5.74) is 8.23. The molecular formula is C30H38N6O2. The van der Waals surface area contributed by atoms with Crippen LogP contribution in [0.5, 0.6) is 5.75 Å². The van der Waals surface area contributed by atoms with Gasteiger partial charge in [0.15, 0.2) is 0 Å². The summed E-state index contributed by atoms with van der Waals surface area (Å²) < 4.78 is 7.59. The van der Waals surface area contributed by atoms with Crippen molar-refractivity contribution in [3.8, 4) is 5.75 Å². The first-order valence-corrected chi connectivity index (χ1v) is 13.5. The number of imidazole rings is 1. The molecule has 1 saturated heterocycles. The number of anilines is 2. The molecule has 0 amide bonds. The monoisotopic (exact) mass is 514 g/mol. The maximum Gasteiger partial charge on any atom is 0.204 e. The van der Waals surface area contributed by atoms with Crippen LogP contribution in [0.15, 0.2) is 48.5 Å². The summed E-state index contributed by atoms with van der Waals surface area (Å²) in [6.07, 6.45) is 1.02. The van der Waals surface area contributed by atoms with E-state index in [1.807, 2.05) is 13.0 Å². The number of rotatable bonds is 10. The lowest BCUT2D eigenvalue weighted by Gasteiger charge is -2.26. The van der Waals surface area contributed by atoms with Gasteiger partial charge in [0.2, 0.25) is 5.95 Å². The van der Waals surface area contributed by atoms with Crippen molar-refractivity contribution in [3.05, 3.63) is 76.6 Å². The maximum atomic E-state index is 10.5. The van der Waals surface area contributed by atoms with Gasteiger partial charge in [0.1, 0.15) is 11.4 Å². The summed E-state index contributed by atoms with van der Waals surface area (Å²) in [5.74, 6) is 0.993. The molecule has 0 spiro atoms. The molecule has 1 aliphatic rings. The predicted molar refractivity (Wildman–Crippen MR) is 153 cm³/mol. The average Bonchev–Trinajstić information content (AvgIpc) is 3.24. The summed E-state index contributed by atoms with van der Waals surface area (Å²) in [5, 5.41) is 17.6. The Morgan fingerprint density at radius 3 is 2.50 bits per heavy atom. The SMILES string of the molecule is Cc1cc(C)cc(NCc2ccc3nc(NCCCN4CCOCC4)n(Cc4nc(C)ccc4O)c3c2)c1. The Balaban J connectivity index is 1.37. The number of hydrogen-bond acceptors (Lipinski definition) is 7. The van der Waals surface area contributed by atoms with Crippen molar-refractivity contribution in [1.82, 2.24) is 19.4 Å². The van der Waals surface area contributed by atoms with Crippen LogP contribution < -0.4 is 10.6 Å². The molecule has 0 bridgehead atoms. The smallest absolute Gasteiger partial charge is 0.204 e. The van der Waals surface area contributed by atoms with E-state index in [1.54, 1.807) is 6.07 Å². The minimum atomic E-state index is 0.198. The van der Waals surface area contributed by atoms with E-state index in [1.165, 1.54) is 11.1 Å². The zero-order valence-corrected chi connectivity index (χ0v) is 22.6. The Labute approximate surface area is 224 Å². The number of morpholine rings is 1. The third-order valence-corrected chi connectivity index (χ3v) is 6.97. The number of ether oxygens (including phenoxy) is 1. The predicted octanol–water partition coefficient (Wildman–Crippen LogP) is 4.86. The van der Waals surface area contributed by atoms with Gasteiger partial charge >= 0.3 is 0 Å². The number of aryl methyl sites for hydroxylation is 3. The van der Waals surface area contributed by atoms with Crippen LogP contribution in [0, 0.1) is 20.8 Å². The van der Waals surface area contributed by atoms with E-state index >= 15 is 0 Å². The first-order chi connectivity index (χ1) is 18.4. The lowest BCUT2D eigenvalue weighted by molar-refractivity contribution is 0.0378. The van der Waals surface area contributed by atoms with Gasteiger partial charge < -0.3 is 25.0 Å². The second-order valence-corrected chi connectivity index (χ2v) is 10.2. The van der Waals surface area contributed by atoms with Gasteiger partial charge in [0, 0.05) is 37.6 Å². The van der Waals surface area contributed by atoms with Gasteiger partial charge in [0.25, 0.3) is 0 Å². The van der Waals surface area contributed by atoms with Gasteiger partial charge in [0.05, 0.1) is 30.8 Å². The second-order valence-electron chi connectivity index (χ2n) is 10.2. The number of nitrogens with one attached hydrogen (secondary N) is 2. The second kappa shape index (κ2) is 11.8. The van der Waals surface area contributed by atoms with Crippen molar-refractivity contribution in [1.29, 1.82) is 0 Å². The highest BCUT2D eigenvalue weighted by atomic mass is 16.5. The van der Waals surface area contributed by atoms with E-state index < -0.39 is 0 Å². The van der Waals surface area contributed by atoms with Gasteiger partial charge in [-0.3, -0.25) is 9.88 Å². The van der Waals surface area contributed by atoms with E-state index in [9.17, 15) is 5.11 Å². The quantitative estimate of drug-likeness (QED) is 0.261. The van der Waals surface area contributed by atoms with Crippen LogP contribution >= 0.6 is 0 Å². The summed E-state index contributed by atoms with van der Waals surface area (Å²) in [6.45, 7) is 12.8. The Kier molecular flexibility index (Phi) is 8.10. The van der Waals surface area contributed by atoms with E-state index in [-0.39, 0.29) is 5.75 Å². The molecule has 3 N–H and O–H groups in total. The van der Waals surface area contributed by atoms with Crippen LogP contribution in [0.4, 0.5) is 11.6 Å². The van der Waals surface area contributed by atoms with E-state index in [2.05, 4.69) is 75.3 Å². The third-order valence-electron chi connectivity index (χ3n) is 6.97. The molecule has 0 atom stereocenters. The van der Waals surface area contributed by atoms with Crippen LogP contribution in [-0.4, -0.2) is 63.9 Å². The van der Waals surface area contributed by atoms with Crippen molar-refractivity contribution in [2.24, 2.45) is 0 Å². The number of aromatic hydroxyl groups is 1. The Hall–Kier alpha value is -3.62. The molecule has 38 heavy (non-hydrogen) atoms. The molecule has 3 heterocycles. The van der Waals surface area contributed by atoms with Crippen LogP contribution in [-0.2, 0) is 17.8 Å². The molecule has 2 aromatic heterocycles. The minimum Gasteiger partial charge on any atom is -0.506 e. The van der Waals surface area contributed by atoms with Gasteiger partial charge in [-0.05, 0) is 86.8 Å². The van der Waals surface area contributed by atoms with E-state index in [0.717, 1.165) is 79.7 Å². The number of benzene rings is 2. The summed E-state index contributed by atoms with van der Waals surface area (Å²) in [6, 6.07) is 16.4. The fourth-order valence-electron chi connectivity index (χ4n) is 5.05. The zero-order chi connectivity index (χ0) is 26.5. The van der Waals surface area contributed by atoms with Crippen molar-refractivity contribution in [2.75, 3.05) is 50.0 Å².